The van der Waals surface area contributed by atoms with Gasteiger partial charge in [-0.2, -0.15) is 0 Å². The molecule has 2 aromatic carbocycles. The highest BCUT2D eigenvalue weighted by Gasteiger charge is 2.26. The van der Waals surface area contributed by atoms with E-state index in [1.165, 1.54) is 12.1 Å². The monoisotopic (exact) mass is 439 g/mol. The minimum absolute atomic E-state index is 0.172. The van der Waals surface area contributed by atoms with Gasteiger partial charge in [0.15, 0.2) is 0 Å². The molecular weight excluding hydrogens is 409 g/mol. The summed E-state index contributed by atoms with van der Waals surface area (Å²) in [5.74, 6) is -0.0792. The second-order valence-corrected chi connectivity index (χ2v) is 7.97. The molecule has 0 saturated heterocycles. The maximum absolute atomic E-state index is 13.8. The molecule has 3 rings (SSSR count). The van der Waals surface area contributed by atoms with E-state index in [0.29, 0.717) is 36.7 Å². The maximum Gasteiger partial charge on any atom is 0.254 e. The molecule has 1 heterocycles. The van der Waals surface area contributed by atoms with Crippen molar-refractivity contribution in [1.82, 2.24) is 10.1 Å². The Labute approximate surface area is 188 Å². The first-order valence-corrected chi connectivity index (χ1v) is 10.7. The molecule has 1 aromatic heterocycles. The first kappa shape index (κ1) is 23.5. The Bertz CT molecular complexity index is 1020. The number of hydrogen-bond acceptors (Lipinski definition) is 5. The summed E-state index contributed by atoms with van der Waals surface area (Å²) >= 11 is 0. The molecule has 6 nitrogen and oxygen atoms in total. The molecule has 170 valence electrons. The smallest absolute Gasteiger partial charge is 0.254 e. The van der Waals surface area contributed by atoms with Crippen LogP contribution in [0, 0.1) is 5.82 Å². The Hall–Kier alpha value is -3.19. The lowest BCUT2D eigenvalue weighted by molar-refractivity contribution is 0.0723. The van der Waals surface area contributed by atoms with Gasteiger partial charge in [0.25, 0.3) is 5.91 Å². The van der Waals surface area contributed by atoms with Crippen molar-refractivity contribution in [2.75, 3.05) is 32.2 Å². The van der Waals surface area contributed by atoms with Crippen LogP contribution in [0.5, 0.6) is 0 Å². The Morgan fingerprint density at radius 2 is 1.91 bits per heavy atom. The van der Waals surface area contributed by atoms with Crippen molar-refractivity contribution >= 4 is 11.8 Å². The fourth-order valence-electron chi connectivity index (χ4n) is 3.42. The largest absolute Gasteiger partial charge is 0.385 e. The van der Waals surface area contributed by atoms with Crippen molar-refractivity contribution in [3.63, 3.8) is 0 Å². The van der Waals surface area contributed by atoms with Crippen LogP contribution in [-0.2, 0) is 11.3 Å². The van der Waals surface area contributed by atoms with E-state index in [4.69, 9.17) is 9.26 Å². The number of ether oxygens (including phenoxy) is 1. The summed E-state index contributed by atoms with van der Waals surface area (Å²) in [5, 5.41) is 4.35. The summed E-state index contributed by atoms with van der Waals surface area (Å²) in [6, 6.07) is 15.7. The number of methoxy groups -OCH3 is 1. The first-order chi connectivity index (χ1) is 15.4. The number of nitrogens with zero attached hydrogens (tertiary/aromatic N) is 3. The zero-order chi connectivity index (χ0) is 23.1. The maximum atomic E-state index is 13.8. The van der Waals surface area contributed by atoms with Crippen LogP contribution in [0.25, 0.3) is 11.3 Å². The topological polar surface area (TPSA) is 58.8 Å². The zero-order valence-corrected chi connectivity index (χ0v) is 19.0. The fraction of sp³-hybridized carbons (Fsp3) is 0.360. The molecule has 0 spiro atoms. The summed E-state index contributed by atoms with van der Waals surface area (Å²) in [6.07, 6.45) is 0.652. The second-order valence-electron chi connectivity index (χ2n) is 7.97. The van der Waals surface area contributed by atoms with Crippen LogP contribution >= 0.6 is 0 Å². The van der Waals surface area contributed by atoms with E-state index in [1.807, 2.05) is 42.3 Å². The second kappa shape index (κ2) is 10.9. The average Bonchev–Trinajstić information content (AvgIpc) is 3.21. The Balaban J connectivity index is 2.01. The number of anilines is 1. The van der Waals surface area contributed by atoms with Gasteiger partial charge in [-0.05, 0) is 38.5 Å². The number of hydrogen-bond donors (Lipinski definition) is 0. The van der Waals surface area contributed by atoms with Crippen molar-refractivity contribution in [1.29, 1.82) is 0 Å². The molecule has 0 unspecified atom stereocenters. The van der Waals surface area contributed by atoms with Crippen molar-refractivity contribution in [3.05, 3.63) is 71.5 Å². The number of carbonyl (C=O) groups is 1. The van der Waals surface area contributed by atoms with Gasteiger partial charge in [0, 0.05) is 44.5 Å². The predicted molar refractivity (Wildman–Crippen MR) is 123 cm³/mol. The van der Waals surface area contributed by atoms with E-state index in [1.54, 1.807) is 24.1 Å². The SMILES string of the molecule is COCCCN(Cc1c(-c2ccccc2)noc1N(C)C(C)C)C(=O)c1cccc(F)c1. The third-order valence-corrected chi connectivity index (χ3v) is 5.39. The minimum atomic E-state index is -0.442. The highest BCUT2D eigenvalue weighted by molar-refractivity contribution is 5.94. The summed E-state index contributed by atoms with van der Waals surface area (Å²) in [6.45, 7) is 5.36. The van der Waals surface area contributed by atoms with Gasteiger partial charge in [-0.15, -0.1) is 0 Å². The third kappa shape index (κ3) is 5.53. The highest BCUT2D eigenvalue weighted by atomic mass is 19.1. The molecule has 0 N–H and O–H groups in total. The Morgan fingerprint density at radius 3 is 2.56 bits per heavy atom. The molecule has 0 atom stereocenters. The van der Waals surface area contributed by atoms with Gasteiger partial charge in [0.2, 0.25) is 5.88 Å². The van der Waals surface area contributed by atoms with Gasteiger partial charge in [0.1, 0.15) is 11.5 Å². The predicted octanol–water partition coefficient (Wildman–Crippen LogP) is 5.00. The van der Waals surface area contributed by atoms with Crippen LogP contribution in [-0.4, -0.2) is 49.3 Å². The molecule has 0 saturated carbocycles. The van der Waals surface area contributed by atoms with Crippen molar-refractivity contribution in [3.8, 4) is 11.3 Å². The van der Waals surface area contributed by atoms with Crippen molar-refractivity contribution in [2.24, 2.45) is 0 Å². The molecular formula is C25H30FN3O3. The number of aromatic nitrogens is 1. The lowest BCUT2D eigenvalue weighted by atomic mass is 10.1. The Morgan fingerprint density at radius 1 is 1.16 bits per heavy atom. The summed E-state index contributed by atoms with van der Waals surface area (Å²) in [4.78, 5) is 17.0. The summed E-state index contributed by atoms with van der Waals surface area (Å²) in [7, 11) is 3.56. The molecule has 3 aromatic rings. The summed E-state index contributed by atoms with van der Waals surface area (Å²) < 4.78 is 24.7. The molecule has 0 aliphatic carbocycles. The normalized spacial score (nSPS) is 11.1. The third-order valence-electron chi connectivity index (χ3n) is 5.39. The van der Waals surface area contributed by atoms with E-state index < -0.39 is 5.82 Å². The van der Waals surface area contributed by atoms with Gasteiger partial charge >= 0.3 is 0 Å². The average molecular weight is 440 g/mol. The molecule has 1 amide bonds. The van der Waals surface area contributed by atoms with Gasteiger partial charge in [-0.1, -0.05) is 41.6 Å². The standard InChI is InChI=1S/C25H30FN3O3/c1-18(2)28(3)25-22(23(27-32-25)19-10-6-5-7-11-19)17-29(14-9-15-31-4)24(30)20-12-8-13-21(26)16-20/h5-8,10-13,16,18H,9,14-15,17H2,1-4H3. The van der Waals surface area contributed by atoms with Gasteiger partial charge in [-0.25, -0.2) is 4.39 Å². The van der Waals surface area contributed by atoms with Crippen LogP contribution in [0.1, 0.15) is 36.2 Å². The number of halogens is 1. The van der Waals surface area contributed by atoms with E-state index in [-0.39, 0.29) is 18.5 Å². The van der Waals surface area contributed by atoms with Gasteiger partial charge in [0.05, 0.1) is 12.1 Å². The molecule has 0 aliphatic heterocycles. The molecule has 0 aliphatic rings. The van der Waals surface area contributed by atoms with Gasteiger partial charge < -0.3 is 19.1 Å². The molecule has 7 heteroatoms. The fourth-order valence-corrected chi connectivity index (χ4v) is 3.42. The molecule has 0 bridgehead atoms. The lowest BCUT2D eigenvalue weighted by Crippen LogP contribution is -2.33. The van der Waals surface area contributed by atoms with Crippen molar-refractivity contribution < 1.29 is 18.4 Å². The number of rotatable bonds is 10. The van der Waals surface area contributed by atoms with Crippen LogP contribution in [0.2, 0.25) is 0 Å². The van der Waals surface area contributed by atoms with Crippen LogP contribution in [0.15, 0.2) is 59.1 Å². The van der Waals surface area contributed by atoms with Crippen LogP contribution in [0.4, 0.5) is 10.3 Å². The summed E-state index contributed by atoms with van der Waals surface area (Å²) in [5.41, 5.74) is 2.72. The molecule has 32 heavy (non-hydrogen) atoms. The first-order valence-electron chi connectivity index (χ1n) is 10.7. The zero-order valence-electron chi connectivity index (χ0n) is 19.0. The van der Waals surface area contributed by atoms with E-state index in [2.05, 4.69) is 19.0 Å². The molecule has 0 fully saturated rings. The van der Waals surface area contributed by atoms with E-state index in [0.717, 1.165) is 11.1 Å². The highest BCUT2D eigenvalue weighted by Crippen LogP contribution is 2.33. The van der Waals surface area contributed by atoms with Gasteiger partial charge in [-0.3, -0.25) is 4.79 Å². The van der Waals surface area contributed by atoms with Crippen LogP contribution in [0.3, 0.4) is 0 Å². The van der Waals surface area contributed by atoms with E-state index >= 15 is 0 Å². The number of amides is 1. The number of benzene rings is 2. The Kier molecular flexibility index (Phi) is 8.00. The lowest BCUT2D eigenvalue weighted by Gasteiger charge is -2.26. The van der Waals surface area contributed by atoms with Crippen molar-refractivity contribution in [2.45, 2.75) is 32.9 Å². The quantitative estimate of drug-likeness (QED) is 0.416. The van der Waals surface area contributed by atoms with Crippen LogP contribution < -0.4 is 4.90 Å². The van der Waals surface area contributed by atoms with E-state index in [9.17, 15) is 9.18 Å². The molecule has 0 radical (unpaired) electrons. The minimum Gasteiger partial charge on any atom is -0.385 e. The number of carbonyl (C=O) groups excluding carboxylic acids is 1.